The Kier molecular flexibility index (Phi) is 4.42. The van der Waals surface area contributed by atoms with E-state index in [1.807, 2.05) is 0 Å². The van der Waals surface area contributed by atoms with E-state index in [9.17, 15) is 0 Å². The predicted molar refractivity (Wildman–Crippen MR) is 84.3 cm³/mol. The number of nitrogens with zero attached hydrogens (tertiary/aromatic N) is 1. The fourth-order valence-electron chi connectivity index (χ4n) is 2.70. The Balaban J connectivity index is 2.29. The third-order valence-electron chi connectivity index (χ3n) is 4.46. The van der Waals surface area contributed by atoms with E-state index in [1.54, 1.807) is 0 Å². The number of rotatable bonds is 3. The first-order chi connectivity index (χ1) is 8.99. The molecule has 1 aliphatic heterocycles. The van der Waals surface area contributed by atoms with Crippen LogP contribution in [0.2, 0.25) is 5.02 Å². The van der Waals surface area contributed by atoms with Crippen molar-refractivity contribution in [3.63, 3.8) is 0 Å². The highest BCUT2D eigenvalue weighted by atomic mass is 35.5. The van der Waals surface area contributed by atoms with Crippen LogP contribution in [-0.2, 0) is 0 Å². The van der Waals surface area contributed by atoms with E-state index in [-0.39, 0.29) is 5.54 Å². The number of piperazine rings is 1. The van der Waals surface area contributed by atoms with Crippen LogP contribution >= 0.6 is 11.6 Å². The summed E-state index contributed by atoms with van der Waals surface area (Å²) >= 11 is 6.29. The van der Waals surface area contributed by atoms with E-state index in [1.165, 1.54) is 5.69 Å². The maximum atomic E-state index is 6.29. The molecule has 1 fully saturated rings. The van der Waals surface area contributed by atoms with E-state index in [0.29, 0.717) is 6.04 Å². The summed E-state index contributed by atoms with van der Waals surface area (Å²) in [5.41, 5.74) is 2.60. The van der Waals surface area contributed by atoms with Gasteiger partial charge in [0.15, 0.2) is 0 Å². The minimum atomic E-state index is 0.197. The van der Waals surface area contributed by atoms with Crippen LogP contribution in [0, 0.1) is 6.92 Å². The number of hydrogen-bond donors (Lipinski definition) is 1. The summed E-state index contributed by atoms with van der Waals surface area (Å²) < 4.78 is 0. The van der Waals surface area contributed by atoms with E-state index in [4.69, 9.17) is 11.6 Å². The third-order valence-corrected chi connectivity index (χ3v) is 4.87. The van der Waals surface area contributed by atoms with Crippen molar-refractivity contribution in [1.82, 2.24) is 5.32 Å². The lowest BCUT2D eigenvalue weighted by atomic mass is 9.92. The van der Waals surface area contributed by atoms with Gasteiger partial charge in [-0.05, 0) is 44.4 Å². The molecule has 1 saturated heterocycles. The molecule has 1 aliphatic rings. The molecule has 2 rings (SSSR count). The van der Waals surface area contributed by atoms with Crippen LogP contribution in [0.5, 0.6) is 0 Å². The monoisotopic (exact) mass is 280 g/mol. The van der Waals surface area contributed by atoms with E-state index >= 15 is 0 Å². The lowest BCUT2D eigenvalue weighted by molar-refractivity contribution is 0.276. The van der Waals surface area contributed by atoms with Gasteiger partial charge in [0.05, 0.1) is 0 Å². The predicted octanol–water partition coefficient (Wildman–Crippen LogP) is 4.01. The van der Waals surface area contributed by atoms with E-state index in [2.05, 4.69) is 56.1 Å². The first-order valence-corrected chi connectivity index (χ1v) is 7.64. The minimum Gasteiger partial charge on any atom is -0.365 e. The van der Waals surface area contributed by atoms with Gasteiger partial charge in [-0.3, -0.25) is 0 Å². The van der Waals surface area contributed by atoms with Gasteiger partial charge in [-0.2, -0.15) is 0 Å². The number of anilines is 1. The molecule has 3 heteroatoms. The Morgan fingerprint density at radius 1 is 1.42 bits per heavy atom. The van der Waals surface area contributed by atoms with Gasteiger partial charge >= 0.3 is 0 Å². The number of aryl methyl sites for hydroxylation is 1. The molecule has 2 atom stereocenters. The molecular weight excluding hydrogens is 256 g/mol. The molecule has 0 aliphatic carbocycles. The molecule has 1 N–H and O–H groups in total. The molecule has 0 saturated carbocycles. The molecule has 0 radical (unpaired) electrons. The summed E-state index contributed by atoms with van der Waals surface area (Å²) in [4.78, 5) is 2.52. The van der Waals surface area contributed by atoms with Crippen LogP contribution in [0.1, 0.15) is 39.2 Å². The molecule has 0 spiro atoms. The van der Waals surface area contributed by atoms with Crippen LogP contribution in [0.15, 0.2) is 18.2 Å². The van der Waals surface area contributed by atoms with Crippen molar-refractivity contribution >= 4 is 17.3 Å². The molecule has 1 aromatic carbocycles. The zero-order valence-corrected chi connectivity index (χ0v) is 13.2. The first kappa shape index (κ1) is 14.7. The summed E-state index contributed by atoms with van der Waals surface area (Å²) in [5.74, 6) is 0. The van der Waals surface area contributed by atoms with Gasteiger partial charge in [-0.1, -0.05) is 31.5 Å². The number of nitrogens with one attached hydrogen (secondary N) is 1. The zero-order valence-electron chi connectivity index (χ0n) is 12.5. The normalized spacial score (nSPS) is 27.6. The SMILES string of the molecule is CCC1CNC(C)(CC)CN1c1ccc(C)c(Cl)c1. The van der Waals surface area contributed by atoms with Crippen molar-refractivity contribution in [2.24, 2.45) is 0 Å². The topological polar surface area (TPSA) is 15.3 Å². The molecule has 0 aromatic heterocycles. The van der Waals surface area contributed by atoms with Gasteiger partial charge in [0.1, 0.15) is 0 Å². The lowest BCUT2D eigenvalue weighted by Crippen LogP contribution is -2.62. The maximum absolute atomic E-state index is 6.29. The lowest BCUT2D eigenvalue weighted by Gasteiger charge is -2.47. The first-order valence-electron chi connectivity index (χ1n) is 7.27. The summed E-state index contributed by atoms with van der Waals surface area (Å²) in [6.07, 6.45) is 2.29. The van der Waals surface area contributed by atoms with Gasteiger partial charge in [-0.25, -0.2) is 0 Å². The zero-order chi connectivity index (χ0) is 14.0. The number of halogens is 1. The molecule has 1 aromatic rings. The fourth-order valence-corrected chi connectivity index (χ4v) is 2.87. The smallest absolute Gasteiger partial charge is 0.0455 e. The Hall–Kier alpha value is -0.730. The van der Waals surface area contributed by atoms with Gasteiger partial charge in [-0.15, -0.1) is 0 Å². The Morgan fingerprint density at radius 2 is 2.16 bits per heavy atom. The summed E-state index contributed by atoms with van der Waals surface area (Å²) in [6, 6.07) is 6.99. The second kappa shape index (κ2) is 5.72. The van der Waals surface area contributed by atoms with Gasteiger partial charge < -0.3 is 10.2 Å². The van der Waals surface area contributed by atoms with Crippen LogP contribution < -0.4 is 10.2 Å². The minimum absolute atomic E-state index is 0.197. The highest BCUT2D eigenvalue weighted by molar-refractivity contribution is 6.31. The Labute approximate surface area is 122 Å². The van der Waals surface area contributed by atoms with Gasteiger partial charge in [0.2, 0.25) is 0 Å². The highest BCUT2D eigenvalue weighted by Gasteiger charge is 2.33. The third kappa shape index (κ3) is 3.06. The van der Waals surface area contributed by atoms with E-state index in [0.717, 1.165) is 36.5 Å². The van der Waals surface area contributed by atoms with Crippen molar-refractivity contribution in [1.29, 1.82) is 0 Å². The molecule has 0 bridgehead atoms. The Morgan fingerprint density at radius 3 is 2.74 bits per heavy atom. The molecule has 2 nitrogen and oxygen atoms in total. The molecule has 2 unspecified atom stereocenters. The van der Waals surface area contributed by atoms with Crippen LogP contribution in [-0.4, -0.2) is 24.7 Å². The average molecular weight is 281 g/mol. The number of hydrogen-bond acceptors (Lipinski definition) is 2. The van der Waals surface area contributed by atoms with E-state index < -0.39 is 0 Å². The van der Waals surface area contributed by atoms with Crippen LogP contribution in [0.25, 0.3) is 0 Å². The van der Waals surface area contributed by atoms with Gasteiger partial charge in [0, 0.05) is 35.4 Å². The molecular formula is C16H25ClN2. The van der Waals surface area contributed by atoms with Crippen molar-refractivity contribution in [3.05, 3.63) is 28.8 Å². The standard InChI is InChI=1S/C16H25ClN2/c1-5-13-10-18-16(4,6-2)11-19(13)14-8-7-12(3)15(17)9-14/h7-9,13,18H,5-6,10-11H2,1-4H3. The molecule has 0 amide bonds. The van der Waals surface area contributed by atoms with Crippen molar-refractivity contribution in [2.75, 3.05) is 18.0 Å². The second-order valence-electron chi connectivity index (χ2n) is 5.92. The summed E-state index contributed by atoms with van der Waals surface area (Å²) in [7, 11) is 0. The highest BCUT2D eigenvalue weighted by Crippen LogP contribution is 2.29. The summed E-state index contributed by atoms with van der Waals surface area (Å²) in [5, 5.41) is 4.56. The molecule has 106 valence electrons. The Bertz CT molecular complexity index is 446. The quantitative estimate of drug-likeness (QED) is 0.900. The van der Waals surface area contributed by atoms with Crippen LogP contribution in [0.4, 0.5) is 5.69 Å². The van der Waals surface area contributed by atoms with Crippen molar-refractivity contribution < 1.29 is 0 Å². The van der Waals surface area contributed by atoms with Crippen LogP contribution in [0.3, 0.4) is 0 Å². The average Bonchev–Trinajstić information content (AvgIpc) is 2.42. The fraction of sp³-hybridized carbons (Fsp3) is 0.625. The molecule has 19 heavy (non-hydrogen) atoms. The second-order valence-corrected chi connectivity index (χ2v) is 6.33. The largest absolute Gasteiger partial charge is 0.365 e. The summed E-state index contributed by atoms with van der Waals surface area (Å²) in [6.45, 7) is 11.0. The maximum Gasteiger partial charge on any atom is 0.0455 e. The van der Waals surface area contributed by atoms with Gasteiger partial charge in [0.25, 0.3) is 0 Å². The van der Waals surface area contributed by atoms with Crippen molar-refractivity contribution in [3.8, 4) is 0 Å². The number of benzene rings is 1. The van der Waals surface area contributed by atoms with Crippen molar-refractivity contribution in [2.45, 2.75) is 52.1 Å². The molecule has 1 heterocycles.